The molecule has 0 heterocycles. The zero-order valence-corrected chi connectivity index (χ0v) is 11.8. The van der Waals surface area contributed by atoms with Gasteiger partial charge < -0.3 is 10.1 Å². The highest BCUT2D eigenvalue weighted by Gasteiger charge is 2.16. The van der Waals surface area contributed by atoms with Crippen molar-refractivity contribution in [2.75, 3.05) is 13.7 Å². The first-order valence-electron chi connectivity index (χ1n) is 6.05. The van der Waals surface area contributed by atoms with Crippen LogP contribution in [0.4, 0.5) is 0 Å². The van der Waals surface area contributed by atoms with E-state index < -0.39 is 0 Å². The van der Waals surface area contributed by atoms with Crippen molar-refractivity contribution in [2.24, 2.45) is 5.92 Å². The van der Waals surface area contributed by atoms with Crippen LogP contribution in [0.2, 0.25) is 5.02 Å². The number of ether oxygens (including phenoxy) is 1. The number of nitrogens with one attached hydrogen (secondary N) is 1. The molecule has 3 heteroatoms. The summed E-state index contributed by atoms with van der Waals surface area (Å²) < 4.78 is 5.24. The van der Waals surface area contributed by atoms with Crippen molar-refractivity contribution in [3.05, 3.63) is 34.9 Å². The Hall–Kier alpha value is -0.570. The van der Waals surface area contributed by atoms with Crippen molar-refractivity contribution in [1.29, 1.82) is 0 Å². The molecule has 0 radical (unpaired) electrons. The maximum atomic E-state index is 6.00. The van der Waals surface area contributed by atoms with Crippen LogP contribution in [0.1, 0.15) is 32.4 Å². The topological polar surface area (TPSA) is 21.3 Å². The van der Waals surface area contributed by atoms with E-state index in [1.54, 1.807) is 7.11 Å². The van der Waals surface area contributed by atoms with Gasteiger partial charge in [-0.3, -0.25) is 0 Å². The highest BCUT2D eigenvalue weighted by Crippen LogP contribution is 2.19. The SMILES string of the molecule is COCC(NC(C)c1cccc(Cl)c1)C(C)C. The van der Waals surface area contributed by atoms with Gasteiger partial charge in [-0.1, -0.05) is 37.6 Å². The maximum Gasteiger partial charge on any atom is 0.0618 e. The molecule has 2 nitrogen and oxygen atoms in total. The lowest BCUT2D eigenvalue weighted by Gasteiger charge is -2.26. The van der Waals surface area contributed by atoms with Crippen LogP contribution in [0.15, 0.2) is 24.3 Å². The lowest BCUT2D eigenvalue weighted by molar-refractivity contribution is 0.141. The van der Waals surface area contributed by atoms with Gasteiger partial charge >= 0.3 is 0 Å². The molecule has 1 aromatic rings. The van der Waals surface area contributed by atoms with Gasteiger partial charge in [0.15, 0.2) is 0 Å². The molecule has 0 bridgehead atoms. The first-order chi connectivity index (χ1) is 8.04. The fourth-order valence-corrected chi connectivity index (χ4v) is 2.00. The molecule has 0 fully saturated rings. The van der Waals surface area contributed by atoms with Crippen molar-refractivity contribution in [3.63, 3.8) is 0 Å². The highest BCUT2D eigenvalue weighted by molar-refractivity contribution is 6.30. The van der Waals surface area contributed by atoms with Crippen molar-refractivity contribution < 1.29 is 4.74 Å². The van der Waals surface area contributed by atoms with Gasteiger partial charge in [-0.25, -0.2) is 0 Å². The molecule has 0 aromatic heterocycles. The zero-order chi connectivity index (χ0) is 12.8. The summed E-state index contributed by atoms with van der Waals surface area (Å²) in [5, 5.41) is 4.36. The molecule has 2 unspecified atom stereocenters. The second-order valence-electron chi connectivity index (χ2n) is 4.75. The van der Waals surface area contributed by atoms with Crippen molar-refractivity contribution in [3.8, 4) is 0 Å². The van der Waals surface area contributed by atoms with E-state index in [4.69, 9.17) is 16.3 Å². The van der Waals surface area contributed by atoms with Crippen LogP contribution in [0.5, 0.6) is 0 Å². The van der Waals surface area contributed by atoms with Crippen molar-refractivity contribution >= 4 is 11.6 Å². The molecule has 0 spiro atoms. The van der Waals surface area contributed by atoms with Gasteiger partial charge in [0, 0.05) is 24.2 Å². The fraction of sp³-hybridized carbons (Fsp3) is 0.571. The first-order valence-corrected chi connectivity index (χ1v) is 6.42. The number of halogens is 1. The summed E-state index contributed by atoms with van der Waals surface area (Å²) >= 11 is 6.00. The predicted molar refractivity (Wildman–Crippen MR) is 73.5 cm³/mol. The molecule has 1 aromatic carbocycles. The van der Waals surface area contributed by atoms with E-state index in [0.717, 1.165) is 11.6 Å². The van der Waals surface area contributed by atoms with Crippen LogP contribution in [0, 0.1) is 5.92 Å². The van der Waals surface area contributed by atoms with E-state index in [9.17, 15) is 0 Å². The van der Waals surface area contributed by atoms with Crippen LogP contribution in [0.25, 0.3) is 0 Å². The average Bonchev–Trinajstić information content (AvgIpc) is 2.28. The van der Waals surface area contributed by atoms with Crippen molar-refractivity contribution in [1.82, 2.24) is 5.32 Å². The van der Waals surface area contributed by atoms with Gasteiger partial charge in [0.25, 0.3) is 0 Å². The molecule has 0 saturated heterocycles. The molecular formula is C14H22ClNO. The first kappa shape index (κ1) is 14.5. The van der Waals surface area contributed by atoms with Gasteiger partial charge in [-0.05, 0) is 30.5 Å². The largest absolute Gasteiger partial charge is 0.383 e. The van der Waals surface area contributed by atoms with Gasteiger partial charge in [0.2, 0.25) is 0 Å². The van der Waals surface area contributed by atoms with E-state index in [1.165, 1.54) is 5.56 Å². The monoisotopic (exact) mass is 255 g/mol. The molecule has 96 valence electrons. The minimum Gasteiger partial charge on any atom is -0.383 e. The Morgan fingerprint density at radius 2 is 2.00 bits per heavy atom. The van der Waals surface area contributed by atoms with Crippen LogP contribution in [-0.4, -0.2) is 19.8 Å². The number of benzene rings is 1. The average molecular weight is 256 g/mol. The third-order valence-corrected chi connectivity index (χ3v) is 3.20. The Bertz CT molecular complexity index is 341. The third-order valence-electron chi connectivity index (χ3n) is 2.96. The van der Waals surface area contributed by atoms with Crippen LogP contribution < -0.4 is 5.32 Å². The summed E-state index contributed by atoms with van der Waals surface area (Å²) in [7, 11) is 1.74. The molecule has 2 atom stereocenters. The third kappa shape index (κ3) is 4.66. The van der Waals surface area contributed by atoms with Crippen LogP contribution in [0.3, 0.4) is 0 Å². The lowest BCUT2D eigenvalue weighted by Crippen LogP contribution is -2.39. The maximum absolute atomic E-state index is 6.00. The number of rotatable bonds is 6. The Morgan fingerprint density at radius 1 is 1.29 bits per heavy atom. The van der Waals surface area contributed by atoms with Gasteiger partial charge in [0.1, 0.15) is 0 Å². The van der Waals surface area contributed by atoms with E-state index in [2.05, 4.69) is 32.2 Å². The molecule has 0 amide bonds. The summed E-state index contributed by atoms with van der Waals surface area (Å²) in [4.78, 5) is 0. The Labute approximate surface area is 109 Å². The van der Waals surface area contributed by atoms with Crippen LogP contribution >= 0.6 is 11.6 Å². The standard InChI is InChI=1S/C14H22ClNO/c1-10(2)14(9-17-4)16-11(3)12-6-5-7-13(15)8-12/h5-8,10-11,14,16H,9H2,1-4H3. The van der Waals surface area contributed by atoms with Crippen LogP contribution in [-0.2, 0) is 4.74 Å². The summed E-state index contributed by atoms with van der Waals surface area (Å²) in [5.74, 6) is 0.539. The van der Waals surface area contributed by atoms with E-state index in [-0.39, 0.29) is 6.04 Å². The second kappa shape index (κ2) is 7.00. The molecular weight excluding hydrogens is 234 g/mol. The van der Waals surface area contributed by atoms with Gasteiger partial charge in [-0.2, -0.15) is 0 Å². The Morgan fingerprint density at radius 3 is 2.53 bits per heavy atom. The molecule has 0 saturated carbocycles. The molecule has 1 rings (SSSR count). The Kier molecular flexibility index (Phi) is 5.96. The minimum atomic E-state index is 0.274. The molecule has 1 N–H and O–H groups in total. The zero-order valence-electron chi connectivity index (χ0n) is 11.0. The van der Waals surface area contributed by atoms with Crippen molar-refractivity contribution in [2.45, 2.75) is 32.9 Å². The smallest absolute Gasteiger partial charge is 0.0618 e. The molecule has 17 heavy (non-hydrogen) atoms. The molecule has 0 aliphatic heterocycles. The Balaban J connectivity index is 2.66. The number of hydrogen-bond donors (Lipinski definition) is 1. The predicted octanol–water partition coefficient (Wildman–Crippen LogP) is 3.66. The fourth-order valence-electron chi connectivity index (χ4n) is 1.81. The van der Waals surface area contributed by atoms with E-state index in [1.807, 2.05) is 18.2 Å². The summed E-state index contributed by atoms with van der Waals surface area (Å²) in [6, 6.07) is 8.60. The summed E-state index contributed by atoms with van der Waals surface area (Å²) in [6.45, 7) is 7.27. The molecule has 0 aliphatic rings. The van der Waals surface area contributed by atoms with Gasteiger partial charge in [0.05, 0.1) is 6.61 Å². The summed E-state index contributed by atoms with van der Waals surface area (Å²) in [5.41, 5.74) is 1.21. The van der Waals surface area contributed by atoms with E-state index in [0.29, 0.717) is 12.0 Å². The number of hydrogen-bond acceptors (Lipinski definition) is 2. The molecule has 0 aliphatic carbocycles. The minimum absolute atomic E-state index is 0.274. The van der Waals surface area contributed by atoms with E-state index >= 15 is 0 Å². The highest BCUT2D eigenvalue weighted by atomic mass is 35.5. The lowest BCUT2D eigenvalue weighted by atomic mass is 10.0. The summed E-state index contributed by atoms with van der Waals surface area (Å²) in [6.07, 6.45) is 0. The van der Waals surface area contributed by atoms with Gasteiger partial charge in [-0.15, -0.1) is 0 Å². The second-order valence-corrected chi connectivity index (χ2v) is 5.19. The number of methoxy groups -OCH3 is 1. The quantitative estimate of drug-likeness (QED) is 0.838. The normalized spacial score (nSPS) is 14.9.